The second kappa shape index (κ2) is 8.37. The summed E-state index contributed by atoms with van der Waals surface area (Å²) in [6.45, 7) is -1.07. The maximum Gasteiger partial charge on any atom is 0.326 e. The molecule has 5 rings (SSSR count). The largest absolute Gasteiger partial charge is 0.354 e. The van der Waals surface area contributed by atoms with Gasteiger partial charge in [-0.15, -0.1) is 0 Å². The van der Waals surface area contributed by atoms with Crippen molar-refractivity contribution in [1.29, 1.82) is 0 Å². The highest BCUT2D eigenvalue weighted by molar-refractivity contribution is 7.89. The summed E-state index contributed by atoms with van der Waals surface area (Å²) >= 11 is 0. The van der Waals surface area contributed by atoms with Gasteiger partial charge in [-0.05, 0) is 12.5 Å². The Hall–Kier alpha value is -3.33. The third-order valence-electron chi connectivity index (χ3n) is 6.24. The SMILES string of the molecule is O=C1N(c2noc3cccc(-c4c(F)cc(F)cc4F)c23)CC[C@H]2N1C[C@@H](NS(=O)(=O)CF)C2(F)F. The molecule has 3 aromatic rings. The molecule has 0 radical (unpaired) electrons. The quantitative estimate of drug-likeness (QED) is 0.503. The Morgan fingerprint density at radius 3 is 2.53 bits per heavy atom. The van der Waals surface area contributed by atoms with Crippen LogP contribution in [0.15, 0.2) is 34.9 Å². The molecule has 1 aromatic heterocycles. The van der Waals surface area contributed by atoms with Crippen LogP contribution in [-0.4, -0.2) is 61.6 Å². The van der Waals surface area contributed by atoms with Crippen LogP contribution in [0.25, 0.3) is 22.1 Å². The maximum absolute atomic E-state index is 14.9. The minimum Gasteiger partial charge on any atom is -0.354 e. The Morgan fingerprint density at radius 2 is 1.86 bits per heavy atom. The molecule has 2 fully saturated rings. The summed E-state index contributed by atoms with van der Waals surface area (Å²) in [6, 6.07) is -1.59. The summed E-state index contributed by atoms with van der Waals surface area (Å²) in [5.41, 5.74) is -0.711. The van der Waals surface area contributed by atoms with Crippen molar-refractivity contribution in [2.75, 3.05) is 24.0 Å². The van der Waals surface area contributed by atoms with Gasteiger partial charge in [0, 0.05) is 30.8 Å². The molecule has 1 N–H and O–H groups in total. The van der Waals surface area contributed by atoms with Crippen molar-refractivity contribution in [3.8, 4) is 11.1 Å². The van der Waals surface area contributed by atoms with Gasteiger partial charge in [0.15, 0.2) is 11.4 Å². The summed E-state index contributed by atoms with van der Waals surface area (Å²) in [6.07, 6.45) is -0.331. The first-order valence-electron chi connectivity index (χ1n) is 10.5. The third-order valence-corrected chi connectivity index (χ3v) is 7.18. The zero-order valence-electron chi connectivity index (χ0n) is 18.0. The van der Waals surface area contributed by atoms with Crippen molar-refractivity contribution in [2.24, 2.45) is 0 Å². The van der Waals surface area contributed by atoms with E-state index in [1.165, 1.54) is 18.2 Å². The Bertz CT molecular complexity index is 1460. The van der Waals surface area contributed by atoms with Gasteiger partial charge in [-0.3, -0.25) is 4.90 Å². The molecule has 2 aliphatic rings. The highest BCUT2D eigenvalue weighted by Gasteiger charge is 2.61. The van der Waals surface area contributed by atoms with Gasteiger partial charge in [-0.2, -0.15) is 0 Å². The fourth-order valence-corrected chi connectivity index (χ4v) is 5.40. The van der Waals surface area contributed by atoms with Crippen LogP contribution in [0.1, 0.15) is 6.42 Å². The molecule has 192 valence electrons. The molecule has 2 aliphatic heterocycles. The van der Waals surface area contributed by atoms with Crippen LogP contribution >= 0.6 is 0 Å². The van der Waals surface area contributed by atoms with Gasteiger partial charge < -0.3 is 9.42 Å². The van der Waals surface area contributed by atoms with Gasteiger partial charge in [-0.25, -0.2) is 44.3 Å². The van der Waals surface area contributed by atoms with Crippen LogP contribution in [0.3, 0.4) is 0 Å². The van der Waals surface area contributed by atoms with Crippen LogP contribution in [-0.2, 0) is 10.0 Å². The monoisotopic (exact) mass is 534 g/mol. The average molecular weight is 534 g/mol. The number of urea groups is 1. The number of hydrogen-bond acceptors (Lipinski definition) is 5. The van der Waals surface area contributed by atoms with E-state index in [0.717, 1.165) is 9.80 Å². The fourth-order valence-electron chi connectivity index (χ4n) is 4.68. The Balaban J connectivity index is 1.55. The van der Waals surface area contributed by atoms with E-state index in [4.69, 9.17) is 4.52 Å². The number of halogens is 6. The summed E-state index contributed by atoms with van der Waals surface area (Å²) in [7, 11) is -4.64. The molecule has 2 amide bonds. The Morgan fingerprint density at radius 1 is 1.17 bits per heavy atom. The first kappa shape index (κ1) is 24.4. The molecule has 0 saturated carbocycles. The predicted octanol–water partition coefficient (Wildman–Crippen LogP) is 3.78. The molecule has 15 heteroatoms. The highest BCUT2D eigenvalue weighted by atomic mass is 32.2. The summed E-state index contributed by atoms with van der Waals surface area (Å²) in [5, 5.41) is 3.79. The zero-order chi connectivity index (χ0) is 26.0. The summed E-state index contributed by atoms with van der Waals surface area (Å²) < 4.78 is 115. The lowest BCUT2D eigenvalue weighted by molar-refractivity contribution is -0.0449. The van der Waals surface area contributed by atoms with E-state index in [-0.39, 0.29) is 35.3 Å². The van der Waals surface area contributed by atoms with Crippen molar-refractivity contribution < 1.29 is 44.1 Å². The summed E-state index contributed by atoms with van der Waals surface area (Å²) in [5.74, 6) is -7.50. The molecule has 0 aliphatic carbocycles. The molecule has 3 heterocycles. The molecule has 0 unspecified atom stereocenters. The molecular formula is C21H16F6N4O4S. The van der Waals surface area contributed by atoms with Crippen LogP contribution in [0.5, 0.6) is 0 Å². The number of carbonyl (C=O) groups is 1. The van der Waals surface area contributed by atoms with E-state index in [9.17, 15) is 39.6 Å². The Kier molecular flexibility index (Phi) is 5.66. The minimum absolute atomic E-state index is 0.0147. The number of alkyl halides is 3. The standard InChI is InChI=1S/C21H16F6N4O4S/c22-9-36(33,34)29-15-8-31-16(21(15,26)27)4-5-30(20(31)32)19-18-11(2-1-3-14(18)35-28-19)17-12(24)6-10(23)7-13(17)25/h1-3,6-7,15-16,29H,4-5,8-9H2/t15-,16-/m1/s1. The fraction of sp³-hybridized carbons (Fsp3) is 0.333. The van der Waals surface area contributed by atoms with Crippen LogP contribution in [0.2, 0.25) is 0 Å². The first-order chi connectivity index (χ1) is 16.9. The van der Waals surface area contributed by atoms with Crippen LogP contribution < -0.4 is 9.62 Å². The number of amides is 2. The van der Waals surface area contributed by atoms with E-state index in [0.29, 0.717) is 12.1 Å². The van der Waals surface area contributed by atoms with E-state index >= 15 is 0 Å². The average Bonchev–Trinajstić information content (AvgIpc) is 3.33. The number of nitrogens with one attached hydrogen (secondary N) is 1. The number of fused-ring (bicyclic) bond motifs is 2. The number of aromatic nitrogens is 1. The Labute approximate surface area is 199 Å². The molecular weight excluding hydrogens is 518 g/mol. The van der Waals surface area contributed by atoms with Gasteiger partial charge in [0.1, 0.15) is 29.5 Å². The van der Waals surface area contributed by atoms with E-state index < -0.39 is 69.6 Å². The highest BCUT2D eigenvalue weighted by Crippen LogP contribution is 2.43. The predicted molar refractivity (Wildman–Crippen MR) is 114 cm³/mol. The first-order valence-corrected chi connectivity index (χ1v) is 12.1. The van der Waals surface area contributed by atoms with Gasteiger partial charge in [0.05, 0.1) is 10.9 Å². The number of anilines is 1. The van der Waals surface area contributed by atoms with Crippen LogP contribution in [0.4, 0.5) is 37.0 Å². The molecule has 2 saturated heterocycles. The maximum atomic E-state index is 14.9. The van der Waals surface area contributed by atoms with Gasteiger partial charge >= 0.3 is 6.03 Å². The number of benzene rings is 2. The molecule has 2 atom stereocenters. The molecule has 0 spiro atoms. The number of nitrogens with zero attached hydrogens (tertiary/aromatic N) is 3. The second-order valence-corrected chi connectivity index (χ2v) is 10.1. The van der Waals surface area contributed by atoms with E-state index in [1.807, 2.05) is 0 Å². The van der Waals surface area contributed by atoms with Crippen molar-refractivity contribution in [2.45, 2.75) is 24.4 Å². The van der Waals surface area contributed by atoms with Gasteiger partial charge in [-0.1, -0.05) is 17.3 Å². The minimum atomic E-state index is -4.64. The molecule has 36 heavy (non-hydrogen) atoms. The lowest BCUT2D eigenvalue weighted by Gasteiger charge is -2.37. The van der Waals surface area contributed by atoms with Crippen molar-refractivity contribution in [1.82, 2.24) is 14.8 Å². The van der Waals surface area contributed by atoms with E-state index in [1.54, 1.807) is 4.72 Å². The van der Waals surface area contributed by atoms with Crippen molar-refractivity contribution in [3.63, 3.8) is 0 Å². The zero-order valence-corrected chi connectivity index (χ0v) is 18.8. The molecule has 0 bridgehead atoms. The van der Waals surface area contributed by atoms with Crippen molar-refractivity contribution in [3.05, 3.63) is 47.8 Å². The number of sulfonamides is 1. The van der Waals surface area contributed by atoms with Crippen molar-refractivity contribution >= 4 is 32.8 Å². The van der Waals surface area contributed by atoms with Gasteiger partial charge in [0.2, 0.25) is 16.0 Å². The lowest BCUT2D eigenvalue weighted by atomic mass is 9.99. The van der Waals surface area contributed by atoms with Crippen LogP contribution in [0, 0.1) is 17.5 Å². The smallest absolute Gasteiger partial charge is 0.326 e. The number of hydrogen-bond donors (Lipinski definition) is 1. The van der Waals surface area contributed by atoms with Gasteiger partial charge in [0.25, 0.3) is 5.92 Å². The topological polar surface area (TPSA) is 95.8 Å². The number of rotatable bonds is 5. The molecule has 2 aromatic carbocycles. The lowest BCUT2D eigenvalue weighted by Crippen LogP contribution is -2.56. The summed E-state index contributed by atoms with van der Waals surface area (Å²) in [4.78, 5) is 14.9. The molecule has 8 nitrogen and oxygen atoms in total. The normalized spacial score (nSPS) is 21.9. The van der Waals surface area contributed by atoms with E-state index in [2.05, 4.69) is 5.16 Å². The number of carbonyl (C=O) groups excluding carboxylic acids is 1. The third kappa shape index (κ3) is 3.77. The second-order valence-electron chi connectivity index (χ2n) is 8.39.